The predicted molar refractivity (Wildman–Crippen MR) is 116 cm³/mol. The van der Waals surface area contributed by atoms with Crippen LogP contribution >= 0.6 is 23.4 Å². The zero-order chi connectivity index (χ0) is 22.0. The lowest BCUT2D eigenvalue weighted by Crippen LogP contribution is -2.29. The smallest absolute Gasteiger partial charge is 0.262 e. The van der Waals surface area contributed by atoms with Gasteiger partial charge in [-0.3, -0.25) is 14.2 Å². The van der Waals surface area contributed by atoms with Crippen LogP contribution in [0.2, 0.25) is 5.02 Å². The third kappa shape index (κ3) is 5.06. The molecule has 0 bridgehead atoms. The number of hydrogen-bond donors (Lipinski definition) is 1. The van der Waals surface area contributed by atoms with Crippen molar-refractivity contribution >= 4 is 45.9 Å². The molecule has 0 radical (unpaired) electrons. The first kappa shape index (κ1) is 21.7. The van der Waals surface area contributed by atoms with Gasteiger partial charge in [0.15, 0.2) is 16.8 Å². The van der Waals surface area contributed by atoms with E-state index in [-0.39, 0.29) is 23.1 Å². The number of halogens is 3. The van der Waals surface area contributed by atoms with E-state index >= 15 is 0 Å². The van der Waals surface area contributed by atoms with Gasteiger partial charge in [-0.15, -0.1) is 0 Å². The van der Waals surface area contributed by atoms with Crippen LogP contribution in [0.4, 0.5) is 14.5 Å². The number of ether oxygens (including phenoxy) is 1. The molecule has 3 aromatic rings. The molecule has 2 aromatic carbocycles. The molecular formula is C21H18ClF2N3O3S. The third-order valence-electron chi connectivity index (χ3n) is 4.83. The fourth-order valence-electron chi connectivity index (χ4n) is 3.34. The molecule has 4 rings (SSSR count). The molecule has 0 saturated carbocycles. The number of nitrogens with one attached hydrogen (secondary N) is 1. The number of anilines is 1. The maximum Gasteiger partial charge on any atom is 0.262 e. The molecule has 0 aliphatic carbocycles. The molecule has 162 valence electrons. The van der Waals surface area contributed by atoms with Gasteiger partial charge in [0.1, 0.15) is 0 Å². The quantitative estimate of drug-likeness (QED) is 0.435. The number of carbonyl (C=O) groups excluding carboxylic acids is 1. The summed E-state index contributed by atoms with van der Waals surface area (Å²) in [6, 6.07) is 7.97. The van der Waals surface area contributed by atoms with Gasteiger partial charge < -0.3 is 10.1 Å². The van der Waals surface area contributed by atoms with Crippen LogP contribution in [0.1, 0.15) is 12.8 Å². The number of amides is 1. The highest BCUT2D eigenvalue weighted by molar-refractivity contribution is 7.99. The van der Waals surface area contributed by atoms with Crippen molar-refractivity contribution < 1.29 is 18.3 Å². The number of hydrogen-bond acceptors (Lipinski definition) is 5. The molecule has 1 saturated heterocycles. The summed E-state index contributed by atoms with van der Waals surface area (Å²) in [6.45, 7) is 0.979. The van der Waals surface area contributed by atoms with E-state index in [1.54, 1.807) is 18.2 Å². The van der Waals surface area contributed by atoms with Crippen LogP contribution in [0.25, 0.3) is 10.9 Å². The van der Waals surface area contributed by atoms with E-state index in [0.29, 0.717) is 34.2 Å². The highest BCUT2D eigenvalue weighted by atomic mass is 35.5. The topological polar surface area (TPSA) is 73.2 Å². The normalized spacial score (nSPS) is 16.0. The van der Waals surface area contributed by atoms with Gasteiger partial charge in [-0.1, -0.05) is 23.4 Å². The monoisotopic (exact) mass is 465 g/mol. The minimum absolute atomic E-state index is 0.0803. The average Bonchev–Trinajstić information content (AvgIpc) is 3.24. The Bertz CT molecular complexity index is 1200. The predicted octanol–water partition coefficient (Wildman–Crippen LogP) is 4.24. The summed E-state index contributed by atoms with van der Waals surface area (Å²) >= 11 is 7.12. The molecule has 31 heavy (non-hydrogen) atoms. The molecule has 1 aliphatic heterocycles. The summed E-state index contributed by atoms with van der Waals surface area (Å²) in [5.74, 6) is -2.57. The first-order chi connectivity index (χ1) is 14.9. The van der Waals surface area contributed by atoms with E-state index in [1.165, 1.54) is 10.6 Å². The summed E-state index contributed by atoms with van der Waals surface area (Å²) in [4.78, 5) is 30.0. The molecule has 10 heteroatoms. The van der Waals surface area contributed by atoms with Gasteiger partial charge in [-0.25, -0.2) is 13.8 Å². The Kier molecular flexibility index (Phi) is 6.54. The van der Waals surface area contributed by atoms with Crippen LogP contribution in [0.3, 0.4) is 0 Å². The molecule has 1 atom stereocenters. The van der Waals surface area contributed by atoms with Crippen molar-refractivity contribution in [1.82, 2.24) is 9.55 Å². The summed E-state index contributed by atoms with van der Waals surface area (Å²) < 4.78 is 33.6. The summed E-state index contributed by atoms with van der Waals surface area (Å²) in [7, 11) is 0. The van der Waals surface area contributed by atoms with E-state index in [1.807, 2.05) is 0 Å². The van der Waals surface area contributed by atoms with E-state index in [9.17, 15) is 18.4 Å². The first-order valence-electron chi connectivity index (χ1n) is 9.60. The Morgan fingerprint density at radius 2 is 2.10 bits per heavy atom. The first-order valence-corrected chi connectivity index (χ1v) is 11.0. The molecule has 0 spiro atoms. The van der Waals surface area contributed by atoms with Crippen LogP contribution in [0.5, 0.6) is 0 Å². The SMILES string of the molecule is O=C(CSc1nc2cc(Cl)ccc2c(=O)n1CC1CCCO1)Nc1ccc(F)c(F)c1. The Morgan fingerprint density at radius 1 is 1.26 bits per heavy atom. The second-order valence-electron chi connectivity index (χ2n) is 7.07. The molecule has 1 N–H and O–H groups in total. The van der Waals surface area contributed by atoms with Gasteiger partial charge in [-0.2, -0.15) is 0 Å². The number of benzene rings is 2. The molecule has 2 heterocycles. The molecule has 6 nitrogen and oxygen atoms in total. The molecule has 1 amide bonds. The van der Waals surface area contributed by atoms with Crippen LogP contribution in [0, 0.1) is 11.6 Å². The maximum atomic E-state index is 13.4. The van der Waals surface area contributed by atoms with Crippen LogP contribution in [-0.2, 0) is 16.1 Å². The van der Waals surface area contributed by atoms with Gasteiger partial charge in [-0.05, 0) is 43.2 Å². The third-order valence-corrected chi connectivity index (χ3v) is 6.04. The fourth-order valence-corrected chi connectivity index (χ4v) is 4.31. The van der Waals surface area contributed by atoms with Crippen molar-refractivity contribution in [2.75, 3.05) is 17.7 Å². The molecule has 1 fully saturated rings. The van der Waals surface area contributed by atoms with E-state index in [2.05, 4.69) is 10.3 Å². The van der Waals surface area contributed by atoms with Gasteiger partial charge >= 0.3 is 0 Å². The standard InChI is InChI=1S/C21H18ClF2N3O3S/c22-12-3-5-15-18(8-12)26-21(27(20(15)29)10-14-2-1-7-30-14)31-11-19(28)25-13-4-6-16(23)17(24)9-13/h3-6,8-9,14H,1-2,7,10-11H2,(H,25,28). The number of fused-ring (bicyclic) bond motifs is 1. The van der Waals surface area contributed by atoms with Crippen molar-refractivity contribution in [3.8, 4) is 0 Å². The van der Waals surface area contributed by atoms with Gasteiger partial charge in [0.05, 0.1) is 29.3 Å². The van der Waals surface area contributed by atoms with Crippen LogP contribution < -0.4 is 10.9 Å². The highest BCUT2D eigenvalue weighted by Gasteiger charge is 2.21. The van der Waals surface area contributed by atoms with Crippen LogP contribution in [0.15, 0.2) is 46.3 Å². The summed E-state index contributed by atoms with van der Waals surface area (Å²) in [5.41, 5.74) is 0.338. The molecule has 1 aromatic heterocycles. The number of rotatable bonds is 6. The lowest BCUT2D eigenvalue weighted by atomic mass is 10.2. The van der Waals surface area contributed by atoms with Crippen molar-refractivity contribution in [3.05, 3.63) is 63.4 Å². The Balaban J connectivity index is 1.57. The molecule has 1 aliphatic rings. The lowest BCUT2D eigenvalue weighted by Gasteiger charge is -2.16. The van der Waals surface area contributed by atoms with Gasteiger partial charge in [0, 0.05) is 23.4 Å². The highest BCUT2D eigenvalue weighted by Crippen LogP contribution is 2.23. The van der Waals surface area contributed by atoms with Crippen LogP contribution in [-0.4, -0.2) is 33.9 Å². The number of aromatic nitrogens is 2. The molecule has 1 unspecified atom stereocenters. The van der Waals surface area contributed by atoms with Crippen molar-refractivity contribution in [2.24, 2.45) is 0 Å². The average molecular weight is 466 g/mol. The Morgan fingerprint density at radius 3 is 2.84 bits per heavy atom. The Labute approximate surface area is 185 Å². The minimum atomic E-state index is -1.05. The summed E-state index contributed by atoms with van der Waals surface area (Å²) in [6.07, 6.45) is 1.67. The number of thioether (sulfide) groups is 1. The number of carbonyl (C=O) groups is 1. The van der Waals surface area contributed by atoms with Gasteiger partial charge in [0.25, 0.3) is 5.56 Å². The summed E-state index contributed by atoms with van der Waals surface area (Å²) in [5, 5.41) is 3.74. The minimum Gasteiger partial charge on any atom is -0.376 e. The van der Waals surface area contributed by atoms with E-state index < -0.39 is 17.5 Å². The van der Waals surface area contributed by atoms with E-state index in [4.69, 9.17) is 16.3 Å². The zero-order valence-electron chi connectivity index (χ0n) is 16.2. The fraction of sp³-hybridized carbons (Fsp3) is 0.286. The Hall–Kier alpha value is -2.49. The zero-order valence-corrected chi connectivity index (χ0v) is 17.8. The van der Waals surface area contributed by atoms with Gasteiger partial charge in [0.2, 0.25) is 5.91 Å². The second-order valence-corrected chi connectivity index (χ2v) is 8.45. The molecular weight excluding hydrogens is 448 g/mol. The van der Waals surface area contributed by atoms with E-state index in [0.717, 1.165) is 36.7 Å². The lowest BCUT2D eigenvalue weighted by molar-refractivity contribution is -0.113. The van der Waals surface area contributed by atoms with Crippen molar-refractivity contribution in [3.63, 3.8) is 0 Å². The van der Waals surface area contributed by atoms with Crippen molar-refractivity contribution in [2.45, 2.75) is 30.6 Å². The number of nitrogens with zero attached hydrogens (tertiary/aromatic N) is 2. The maximum absolute atomic E-state index is 13.4. The largest absolute Gasteiger partial charge is 0.376 e. The second kappa shape index (κ2) is 9.33. The van der Waals surface area contributed by atoms with Crippen molar-refractivity contribution in [1.29, 1.82) is 0 Å².